The van der Waals surface area contributed by atoms with E-state index in [1.54, 1.807) is 6.20 Å². The second-order valence-corrected chi connectivity index (χ2v) is 8.40. The number of carbonyl (C=O) groups excluding carboxylic acids is 1. The van der Waals surface area contributed by atoms with Crippen molar-refractivity contribution in [1.29, 1.82) is 0 Å². The van der Waals surface area contributed by atoms with Crippen molar-refractivity contribution in [3.63, 3.8) is 0 Å². The Bertz CT molecular complexity index is 1650. The van der Waals surface area contributed by atoms with E-state index in [4.69, 9.17) is 4.98 Å². The molecule has 6 aromatic rings. The third-order valence-corrected chi connectivity index (χ3v) is 6.18. The number of hydrogen-bond acceptors (Lipinski definition) is 3. The first kappa shape index (κ1) is 24.5. The second-order valence-electron chi connectivity index (χ2n) is 8.40. The van der Waals surface area contributed by atoms with Crippen molar-refractivity contribution in [2.75, 3.05) is 0 Å². The van der Waals surface area contributed by atoms with Gasteiger partial charge in [-0.1, -0.05) is 54.6 Å². The largest absolute Gasteiger partial charge is 0.305 e. The molecule has 1 aliphatic rings. The zero-order chi connectivity index (χ0) is 24.3. The smallest absolute Gasteiger partial charge is 0.193 e. The van der Waals surface area contributed by atoms with Crippen LogP contribution in [0.2, 0.25) is 0 Å². The average Bonchev–Trinajstić information content (AvgIpc) is 2.97. The van der Waals surface area contributed by atoms with E-state index in [-0.39, 0.29) is 25.9 Å². The predicted octanol–water partition coefficient (Wildman–Crippen LogP) is 7.46. The van der Waals surface area contributed by atoms with E-state index in [1.807, 2.05) is 109 Å². The van der Waals surface area contributed by atoms with Crippen LogP contribution < -0.4 is 0 Å². The fourth-order valence-corrected chi connectivity index (χ4v) is 4.52. The Hall–Kier alpha value is -4.24. The molecule has 0 spiro atoms. The minimum Gasteiger partial charge on any atom is -0.305 e. The van der Waals surface area contributed by atoms with Crippen LogP contribution in [0.25, 0.3) is 44.5 Å². The molecule has 7 rings (SSSR count). The minimum atomic E-state index is 0. The molecule has 3 nitrogen and oxygen atoms in total. The topological polar surface area (TPSA) is 42.9 Å². The Morgan fingerprint density at radius 1 is 0.568 bits per heavy atom. The van der Waals surface area contributed by atoms with Gasteiger partial charge in [0.1, 0.15) is 0 Å². The van der Waals surface area contributed by atoms with Crippen molar-refractivity contribution in [3.05, 3.63) is 145 Å². The number of hydrogen-bond donors (Lipinski definition) is 0. The first-order valence-electron chi connectivity index (χ1n) is 11.7. The molecule has 4 heteroatoms. The van der Waals surface area contributed by atoms with Gasteiger partial charge < -0.3 is 4.98 Å². The van der Waals surface area contributed by atoms with Gasteiger partial charge in [-0.15, -0.1) is 71.8 Å². The van der Waals surface area contributed by atoms with E-state index in [0.717, 1.165) is 55.7 Å². The van der Waals surface area contributed by atoms with Gasteiger partial charge in [0.15, 0.2) is 5.78 Å². The number of fused-ring (bicyclic) bond motifs is 2. The zero-order valence-electron chi connectivity index (χ0n) is 19.7. The van der Waals surface area contributed by atoms with E-state index < -0.39 is 0 Å². The molecule has 0 bridgehead atoms. The third-order valence-electron chi connectivity index (χ3n) is 6.18. The van der Waals surface area contributed by atoms with Gasteiger partial charge in [0.2, 0.25) is 0 Å². The molecule has 2 aromatic heterocycles. The van der Waals surface area contributed by atoms with Gasteiger partial charge in [-0.05, 0) is 34.6 Å². The van der Waals surface area contributed by atoms with Gasteiger partial charge in [0.05, 0.1) is 5.52 Å². The number of aromatic nitrogens is 2. The summed E-state index contributed by atoms with van der Waals surface area (Å²) in [7, 11) is 0. The summed E-state index contributed by atoms with van der Waals surface area (Å²) in [6.07, 6.45) is 1.79. The van der Waals surface area contributed by atoms with Gasteiger partial charge in [-0.2, -0.15) is 0 Å². The SMILES string of the molecule is O=C1c2ccccc2-c2cccc3nc(-c4[c-]cccc4)cc1c23.[Ir].[c-]1ccccc1-c1ccccn1. The summed E-state index contributed by atoms with van der Waals surface area (Å²) in [6, 6.07) is 43.4. The molecule has 1 radical (unpaired) electrons. The molecule has 0 aliphatic heterocycles. The van der Waals surface area contributed by atoms with E-state index in [1.165, 1.54) is 0 Å². The molecule has 0 fully saturated rings. The molecule has 1 aliphatic carbocycles. The van der Waals surface area contributed by atoms with Gasteiger partial charge in [-0.25, -0.2) is 0 Å². The maximum atomic E-state index is 13.0. The second kappa shape index (κ2) is 10.8. The Morgan fingerprint density at radius 3 is 1.89 bits per heavy atom. The number of rotatable bonds is 2. The first-order valence-corrected chi connectivity index (χ1v) is 11.7. The Balaban J connectivity index is 0.000000183. The van der Waals surface area contributed by atoms with Crippen LogP contribution in [0.5, 0.6) is 0 Å². The van der Waals surface area contributed by atoms with Crippen LogP contribution in [0.1, 0.15) is 15.9 Å². The Labute approximate surface area is 229 Å². The Kier molecular flexibility index (Phi) is 7.13. The summed E-state index contributed by atoms with van der Waals surface area (Å²) in [4.78, 5) is 22.0. The first-order chi connectivity index (χ1) is 17.8. The average molecular weight is 653 g/mol. The van der Waals surface area contributed by atoms with Crippen LogP contribution in [0, 0.1) is 12.1 Å². The fourth-order valence-electron chi connectivity index (χ4n) is 4.52. The van der Waals surface area contributed by atoms with Crippen molar-refractivity contribution < 1.29 is 24.9 Å². The fraction of sp³-hybridized carbons (Fsp3) is 0. The quantitative estimate of drug-likeness (QED) is 0.182. The van der Waals surface area contributed by atoms with Crippen LogP contribution >= 0.6 is 0 Å². The summed E-state index contributed by atoms with van der Waals surface area (Å²) in [5.74, 6) is 0.0638. The van der Waals surface area contributed by atoms with E-state index >= 15 is 0 Å². The maximum absolute atomic E-state index is 13.0. The number of carbonyl (C=O) groups is 1. The number of pyridine rings is 2. The van der Waals surface area contributed by atoms with Crippen LogP contribution in [0.4, 0.5) is 0 Å². The molecule has 0 saturated carbocycles. The van der Waals surface area contributed by atoms with Crippen molar-refractivity contribution in [2.24, 2.45) is 0 Å². The van der Waals surface area contributed by atoms with Crippen molar-refractivity contribution in [3.8, 4) is 33.6 Å². The van der Waals surface area contributed by atoms with E-state index in [2.05, 4.69) is 23.2 Å². The molecule has 4 aromatic carbocycles. The molecule has 37 heavy (non-hydrogen) atoms. The zero-order valence-corrected chi connectivity index (χ0v) is 22.1. The number of nitrogens with zero attached hydrogens (tertiary/aromatic N) is 2. The number of ketones is 1. The summed E-state index contributed by atoms with van der Waals surface area (Å²) in [5, 5.41) is 0.945. The van der Waals surface area contributed by atoms with Crippen molar-refractivity contribution >= 4 is 16.7 Å². The summed E-state index contributed by atoms with van der Waals surface area (Å²) in [5.41, 5.74) is 8.08. The molecule has 0 N–H and O–H groups in total. The minimum absolute atomic E-state index is 0. The van der Waals surface area contributed by atoms with Gasteiger partial charge in [-0.3, -0.25) is 9.78 Å². The molecule has 179 valence electrons. The van der Waals surface area contributed by atoms with Crippen molar-refractivity contribution in [1.82, 2.24) is 9.97 Å². The van der Waals surface area contributed by atoms with E-state index in [9.17, 15) is 4.79 Å². The summed E-state index contributed by atoms with van der Waals surface area (Å²) >= 11 is 0. The van der Waals surface area contributed by atoms with Gasteiger partial charge >= 0.3 is 0 Å². The van der Waals surface area contributed by atoms with Crippen LogP contribution in [-0.2, 0) is 20.1 Å². The normalized spacial score (nSPS) is 11.1. The molecule has 0 atom stereocenters. The molecule has 0 unspecified atom stereocenters. The molecular weight excluding hydrogens is 633 g/mol. The molecular formula is C33H20IrN2O-2. The number of benzene rings is 4. The maximum Gasteiger partial charge on any atom is 0.193 e. The summed E-state index contributed by atoms with van der Waals surface area (Å²) in [6.45, 7) is 0. The van der Waals surface area contributed by atoms with Crippen LogP contribution in [0.3, 0.4) is 0 Å². The summed E-state index contributed by atoms with van der Waals surface area (Å²) < 4.78 is 0. The molecule has 2 heterocycles. The van der Waals surface area contributed by atoms with Gasteiger partial charge in [0, 0.05) is 42.8 Å². The van der Waals surface area contributed by atoms with Crippen LogP contribution in [0.15, 0.2) is 121 Å². The predicted molar refractivity (Wildman–Crippen MR) is 143 cm³/mol. The van der Waals surface area contributed by atoms with E-state index in [0.29, 0.717) is 0 Å². The molecule has 0 amide bonds. The third kappa shape index (κ3) is 4.77. The Morgan fingerprint density at radius 2 is 1.22 bits per heavy atom. The monoisotopic (exact) mass is 653 g/mol. The van der Waals surface area contributed by atoms with Crippen LogP contribution in [-0.4, -0.2) is 15.8 Å². The molecule has 0 saturated heterocycles. The van der Waals surface area contributed by atoms with Gasteiger partial charge in [0.25, 0.3) is 0 Å². The van der Waals surface area contributed by atoms with Crippen molar-refractivity contribution in [2.45, 2.75) is 0 Å². The standard InChI is InChI=1S/C22H12NO.C11H8N.Ir/c24-22-17-10-5-4-9-15(17)16-11-6-12-19-21(16)18(22)13-20(23-19)14-7-2-1-3-8-14;1-2-6-10(7-3-1)11-8-4-5-9-12-11;/h1-7,9-13H;1-6,8-9H;/q2*-1;.